The van der Waals surface area contributed by atoms with Crippen LogP contribution < -0.4 is 21.7 Å². The van der Waals surface area contributed by atoms with E-state index in [2.05, 4.69) is 10.2 Å². The van der Waals surface area contributed by atoms with Crippen molar-refractivity contribution < 1.29 is 4.79 Å². The number of carbonyl (C=O) groups excluding carboxylic acids is 1. The summed E-state index contributed by atoms with van der Waals surface area (Å²) < 4.78 is 0. The standard InChI is InChI=1S/C11H18N4OS/c1-2-14-11(16)10-8(13)5-9(17-10)15-4-3-7(12)6-15/h5,7H,2-4,6,12-13H2,1H3,(H,14,16). The van der Waals surface area contributed by atoms with Gasteiger partial charge in [-0.3, -0.25) is 4.79 Å². The molecule has 2 heterocycles. The lowest BCUT2D eigenvalue weighted by atomic mass is 10.3. The van der Waals surface area contributed by atoms with E-state index >= 15 is 0 Å². The molecule has 1 unspecified atom stereocenters. The zero-order valence-corrected chi connectivity index (χ0v) is 10.7. The molecule has 1 fully saturated rings. The summed E-state index contributed by atoms with van der Waals surface area (Å²) in [5.41, 5.74) is 12.3. The first kappa shape index (κ1) is 12.2. The minimum absolute atomic E-state index is 0.0928. The first-order chi connectivity index (χ1) is 8.11. The van der Waals surface area contributed by atoms with Crippen molar-refractivity contribution in [2.24, 2.45) is 5.73 Å². The van der Waals surface area contributed by atoms with E-state index in [9.17, 15) is 4.79 Å². The zero-order valence-electron chi connectivity index (χ0n) is 9.90. The highest BCUT2D eigenvalue weighted by atomic mass is 32.1. The predicted octanol–water partition coefficient (Wildman–Crippen LogP) is 0.617. The van der Waals surface area contributed by atoms with Crippen LogP contribution in [0.4, 0.5) is 10.7 Å². The summed E-state index contributed by atoms with van der Waals surface area (Å²) in [6.07, 6.45) is 0.994. The Morgan fingerprint density at radius 3 is 3.06 bits per heavy atom. The Balaban J connectivity index is 2.15. The number of anilines is 2. The molecule has 0 bridgehead atoms. The molecular formula is C11H18N4OS. The van der Waals surface area contributed by atoms with Gasteiger partial charge >= 0.3 is 0 Å². The van der Waals surface area contributed by atoms with E-state index in [4.69, 9.17) is 11.5 Å². The monoisotopic (exact) mass is 254 g/mol. The van der Waals surface area contributed by atoms with Gasteiger partial charge in [-0.15, -0.1) is 11.3 Å². The lowest BCUT2D eigenvalue weighted by molar-refractivity contribution is 0.0960. The third kappa shape index (κ3) is 2.53. The normalized spacial score (nSPS) is 19.6. The number of hydrogen-bond acceptors (Lipinski definition) is 5. The molecule has 1 saturated heterocycles. The maximum Gasteiger partial charge on any atom is 0.263 e. The molecule has 5 N–H and O–H groups in total. The van der Waals surface area contributed by atoms with Gasteiger partial charge in [-0.05, 0) is 19.4 Å². The van der Waals surface area contributed by atoms with Gasteiger partial charge in [-0.2, -0.15) is 0 Å². The van der Waals surface area contributed by atoms with Gasteiger partial charge in [0.1, 0.15) is 4.88 Å². The van der Waals surface area contributed by atoms with Crippen LogP contribution in [0.1, 0.15) is 23.0 Å². The average Bonchev–Trinajstić information content (AvgIpc) is 2.85. The Morgan fingerprint density at radius 2 is 2.47 bits per heavy atom. The molecule has 1 atom stereocenters. The molecular weight excluding hydrogens is 236 g/mol. The van der Waals surface area contributed by atoms with Crippen molar-refractivity contribution in [1.82, 2.24) is 5.32 Å². The molecule has 0 aromatic carbocycles. The smallest absolute Gasteiger partial charge is 0.263 e. The maximum absolute atomic E-state index is 11.7. The number of amides is 1. The summed E-state index contributed by atoms with van der Waals surface area (Å²) in [5, 5.41) is 3.80. The maximum atomic E-state index is 11.7. The van der Waals surface area contributed by atoms with Gasteiger partial charge in [-0.25, -0.2) is 0 Å². The first-order valence-electron chi connectivity index (χ1n) is 5.79. The molecule has 2 rings (SSSR count). The number of nitrogens with zero attached hydrogens (tertiary/aromatic N) is 1. The van der Waals surface area contributed by atoms with Crippen molar-refractivity contribution in [2.75, 3.05) is 30.3 Å². The molecule has 1 aliphatic rings. The van der Waals surface area contributed by atoms with E-state index in [0.29, 0.717) is 17.1 Å². The van der Waals surface area contributed by atoms with E-state index < -0.39 is 0 Å². The topological polar surface area (TPSA) is 84.4 Å². The Kier molecular flexibility index (Phi) is 3.54. The zero-order chi connectivity index (χ0) is 12.4. The highest BCUT2D eigenvalue weighted by molar-refractivity contribution is 7.18. The van der Waals surface area contributed by atoms with E-state index in [-0.39, 0.29) is 11.9 Å². The number of nitrogens with two attached hydrogens (primary N) is 2. The van der Waals surface area contributed by atoms with E-state index in [1.165, 1.54) is 11.3 Å². The molecule has 94 valence electrons. The van der Waals surface area contributed by atoms with Gasteiger partial charge in [0.2, 0.25) is 0 Å². The number of carbonyl (C=O) groups is 1. The lowest BCUT2D eigenvalue weighted by Gasteiger charge is -2.14. The van der Waals surface area contributed by atoms with Gasteiger partial charge in [0.15, 0.2) is 0 Å². The second-order valence-corrected chi connectivity index (χ2v) is 5.25. The van der Waals surface area contributed by atoms with E-state index in [1.54, 1.807) is 0 Å². The highest BCUT2D eigenvalue weighted by Crippen LogP contribution is 2.33. The summed E-state index contributed by atoms with van der Waals surface area (Å²) >= 11 is 1.44. The Bertz CT molecular complexity index is 418. The van der Waals surface area contributed by atoms with Gasteiger partial charge in [0.05, 0.1) is 10.7 Å². The fourth-order valence-electron chi connectivity index (χ4n) is 1.95. The fourth-order valence-corrected chi connectivity index (χ4v) is 2.98. The average molecular weight is 254 g/mol. The molecule has 6 heteroatoms. The van der Waals surface area contributed by atoms with Crippen molar-refractivity contribution in [1.29, 1.82) is 0 Å². The summed E-state index contributed by atoms with van der Waals surface area (Å²) in [6.45, 7) is 4.28. The Labute approximate surface area is 105 Å². The molecule has 1 aromatic rings. The number of nitrogen functional groups attached to an aromatic ring is 1. The SMILES string of the molecule is CCNC(=O)c1sc(N2CCC(N)C2)cc1N. The largest absolute Gasteiger partial charge is 0.397 e. The van der Waals surface area contributed by atoms with Gasteiger partial charge < -0.3 is 21.7 Å². The van der Waals surface area contributed by atoms with Gasteiger partial charge in [0, 0.05) is 25.7 Å². The van der Waals surface area contributed by atoms with E-state index in [0.717, 1.165) is 24.5 Å². The van der Waals surface area contributed by atoms with Crippen LogP contribution in [-0.4, -0.2) is 31.6 Å². The minimum atomic E-state index is -0.0928. The Hall–Kier alpha value is -1.27. The van der Waals surface area contributed by atoms with Crippen LogP contribution in [-0.2, 0) is 0 Å². The van der Waals surface area contributed by atoms with Crippen LogP contribution in [0.2, 0.25) is 0 Å². The van der Waals surface area contributed by atoms with Crippen molar-refractivity contribution in [3.63, 3.8) is 0 Å². The summed E-state index contributed by atoms with van der Waals surface area (Å²) in [4.78, 5) is 14.5. The number of nitrogens with one attached hydrogen (secondary N) is 1. The molecule has 1 aromatic heterocycles. The summed E-state index contributed by atoms with van der Waals surface area (Å²) in [5.74, 6) is -0.0928. The van der Waals surface area contributed by atoms with Gasteiger partial charge in [0.25, 0.3) is 5.91 Å². The molecule has 0 aliphatic carbocycles. The van der Waals surface area contributed by atoms with Crippen molar-refractivity contribution in [3.05, 3.63) is 10.9 Å². The van der Waals surface area contributed by atoms with Crippen LogP contribution in [0.15, 0.2) is 6.07 Å². The molecule has 1 aliphatic heterocycles. The van der Waals surface area contributed by atoms with Crippen LogP contribution in [0.25, 0.3) is 0 Å². The number of hydrogen-bond donors (Lipinski definition) is 3. The molecule has 0 radical (unpaired) electrons. The van der Waals surface area contributed by atoms with Crippen molar-refractivity contribution >= 4 is 27.9 Å². The second kappa shape index (κ2) is 4.93. The van der Waals surface area contributed by atoms with Crippen LogP contribution >= 0.6 is 11.3 Å². The third-order valence-corrected chi connectivity index (χ3v) is 4.04. The van der Waals surface area contributed by atoms with E-state index in [1.807, 2.05) is 13.0 Å². The summed E-state index contributed by atoms with van der Waals surface area (Å²) in [6, 6.07) is 2.10. The number of thiophene rings is 1. The van der Waals surface area contributed by atoms with Gasteiger partial charge in [-0.1, -0.05) is 0 Å². The molecule has 5 nitrogen and oxygen atoms in total. The molecule has 0 spiro atoms. The fraction of sp³-hybridized carbons (Fsp3) is 0.545. The summed E-state index contributed by atoms with van der Waals surface area (Å²) in [7, 11) is 0. The van der Waals surface area contributed by atoms with Crippen LogP contribution in [0.5, 0.6) is 0 Å². The third-order valence-electron chi connectivity index (χ3n) is 2.83. The van der Waals surface area contributed by atoms with Crippen LogP contribution in [0, 0.1) is 0 Å². The molecule has 17 heavy (non-hydrogen) atoms. The minimum Gasteiger partial charge on any atom is -0.397 e. The lowest BCUT2D eigenvalue weighted by Crippen LogP contribution is -2.25. The second-order valence-electron chi connectivity index (χ2n) is 4.22. The highest BCUT2D eigenvalue weighted by Gasteiger charge is 2.23. The van der Waals surface area contributed by atoms with Crippen LogP contribution in [0.3, 0.4) is 0 Å². The predicted molar refractivity (Wildman–Crippen MR) is 71.5 cm³/mol. The van der Waals surface area contributed by atoms with Crippen molar-refractivity contribution in [2.45, 2.75) is 19.4 Å². The molecule has 0 saturated carbocycles. The van der Waals surface area contributed by atoms with Crippen molar-refractivity contribution in [3.8, 4) is 0 Å². The first-order valence-corrected chi connectivity index (χ1v) is 6.61. The molecule has 1 amide bonds. The Morgan fingerprint density at radius 1 is 1.71 bits per heavy atom. The quantitative estimate of drug-likeness (QED) is 0.738. The number of rotatable bonds is 3.